The van der Waals surface area contributed by atoms with E-state index in [1.165, 1.54) is 7.11 Å². The second-order valence-corrected chi connectivity index (χ2v) is 2.59. The Bertz CT molecular complexity index is 303. The lowest BCUT2D eigenvalue weighted by Crippen LogP contribution is -2.09. The Morgan fingerprint density at radius 2 is 2.07 bits per heavy atom. The van der Waals surface area contributed by atoms with Crippen LogP contribution in [0.4, 0.5) is 13.2 Å². The molecule has 0 aliphatic heterocycles. The zero-order valence-corrected chi connectivity index (χ0v) is 7.43. The number of ether oxygens (including phenoxy) is 1. The predicted octanol–water partition coefficient (Wildman–Crippen LogP) is 1.57. The van der Waals surface area contributed by atoms with E-state index in [4.69, 9.17) is 5.73 Å². The fourth-order valence-corrected chi connectivity index (χ4v) is 0.933. The molecule has 1 aromatic rings. The first-order chi connectivity index (χ1) is 6.47. The Kier molecular flexibility index (Phi) is 2.95. The van der Waals surface area contributed by atoms with Crippen molar-refractivity contribution in [2.24, 2.45) is 5.73 Å². The monoisotopic (exact) mass is 206 g/mol. The average Bonchev–Trinajstić information content (AvgIpc) is 2.15. The topological polar surface area (TPSA) is 48.1 Å². The molecule has 0 aliphatic rings. The summed E-state index contributed by atoms with van der Waals surface area (Å²) in [4.78, 5) is 3.74. The summed E-state index contributed by atoms with van der Waals surface area (Å²) < 4.78 is 41.5. The summed E-state index contributed by atoms with van der Waals surface area (Å²) in [5.41, 5.74) is 4.55. The summed E-state index contributed by atoms with van der Waals surface area (Å²) >= 11 is 0. The largest absolute Gasteiger partial charge is 0.481 e. The summed E-state index contributed by atoms with van der Waals surface area (Å²) in [6.45, 7) is -0.0553. The highest BCUT2D eigenvalue weighted by molar-refractivity contribution is 5.27. The second-order valence-electron chi connectivity index (χ2n) is 2.59. The summed E-state index contributed by atoms with van der Waals surface area (Å²) in [6, 6.07) is 1.74. The molecule has 0 bridgehead atoms. The number of hydrogen-bond donors (Lipinski definition) is 1. The van der Waals surface area contributed by atoms with Crippen molar-refractivity contribution in [1.82, 2.24) is 4.98 Å². The SMILES string of the molecule is COc1cc(C(F)(F)F)cc(CN)n1. The lowest BCUT2D eigenvalue weighted by molar-refractivity contribution is -0.137. The Balaban J connectivity index is 3.17. The number of nitrogens with zero attached hydrogens (tertiary/aromatic N) is 1. The van der Waals surface area contributed by atoms with Crippen LogP contribution in [0.15, 0.2) is 12.1 Å². The molecule has 0 amide bonds. The quantitative estimate of drug-likeness (QED) is 0.798. The van der Waals surface area contributed by atoms with Crippen LogP contribution in [-0.2, 0) is 12.7 Å². The highest BCUT2D eigenvalue weighted by Crippen LogP contribution is 2.31. The standard InChI is InChI=1S/C8H9F3N2O/c1-14-7-3-5(8(9,10)11)2-6(4-12)13-7/h2-3H,4,12H2,1H3. The number of halogens is 3. The lowest BCUT2D eigenvalue weighted by atomic mass is 10.2. The molecule has 6 heteroatoms. The number of rotatable bonds is 2. The minimum atomic E-state index is -4.40. The third-order valence-electron chi connectivity index (χ3n) is 1.60. The molecule has 14 heavy (non-hydrogen) atoms. The van der Waals surface area contributed by atoms with Crippen molar-refractivity contribution in [1.29, 1.82) is 0 Å². The maximum Gasteiger partial charge on any atom is 0.416 e. The van der Waals surface area contributed by atoms with Gasteiger partial charge in [0, 0.05) is 12.6 Å². The van der Waals surface area contributed by atoms with Crippen molar-refractivity contribution in [3.05, 3.63) is 23.4 Å². The summed E-state index contributed by atoms with van der Waals surface area (Å²) in [5.74, 6) is -0.0831. The molecule has 0 aromatic carbocycles. The van der Waals surface area contributed by atoms with Crippen molar-refractivity contribution in [2.45, 2.75) is 12.7 Å². The molecule has 0 radical (unpaired) electrons. The van der Waals surface area contributed by atoms with E-state index >= 15 is 0 Å². The smallest absolute Gasteiger partial charge is 0.416 e. The average molecular weight is 206 g/mol. The molecule has 1 heterocycles. The third-order valence-corrected chi connectivity index (χ3v) is 1.60. The molecular weight excluding hydrogens is 197 g/mol. The maximum atomic E-state index is 12.3. The molecule has 1 aromatic heterocycles. The van der Waals surface area contributed by atoms with Crippen molar-refractivity contribution >= 4 is 0 Å². The maximum absolute atomic E-state index is 12.3. The first kappa shape index (κ1) is 10.8. The molecule has 0 saturated heterocycles. The van der Waals surface area contributed by atoms with Gasteiger partial charge in [-0.15, -0.1) is 0 Å². The van der Waals surface area contributed by atoms with Crippen LogP contribution in [0.2, 0.25) is 0 Å². The van der Waals surface area contributed by atoms with E-state index in [-0.39, 0.29) is 18.1 Å². The molecule has 0 fully saturated rings. The van der Waals surface area contributed by atoms with Crippen LogP contribution in [0.25, 0.3) is 0 Å². The van der Waals surface area contributed by atoms with Gasteiger partial charge in [-0.25, -0.2) is 4.98 Å². The molecular formula is C8H9F3N2O. The summed E-state index contributed by atoms with van der Waals surface area (Å²) in [5, 5.41) is 0. The molecule has 2 N–H and O–H groups in total. The number of nitrogens with two attached hydrogens (primary N) is 1. The van der Waals surface area contributed by atoms with Crippen LogP contribution >= 0.6 is 0 Å². The normalized spacial score (nSPS) is 11.5. The first-order valence-electron chi connectivity index (χ1n) is 3.79. The highest BCUT2D eigenvalue weighted by Gasteiger charge is 2.31. The van der Waals surface area contributed by atoms with Crippen molar-refractivity contribution in [2.75, 3.05) is 7.11 Å². The molecule has 0 unspecified atom stereocenters. The molecule has 1 rings (SSSR count). The highest BCUT2D eigenvalue weighted by atomic mass is 19.4. The van der Waals surface area contributed by atoms with Crippen LogP contribution in [0.3, 0.4) is 0 Å². The van der Waals surface area contributed by atoms with E-state index in [0.717, 1.165) is 12.1 Å². The third kappa shape index (κ3) is 2.35. The van der Waals surface area contributed by atoms with Gasteiger partial charge in [-0.1, -0.05) is 0 Å². The molecule has 78 valence electrons. The zero-order chi connectivity index (χ0) is 10.8. The minimum absolute atomic E-state index is 0.0553. The van der Waals surface area contributed by atoms with Crippen LogP contribution < -0.4 is 10.5 Å². The molecule has 3 nitrogen and oxygen atoms in total. The Morgan fingerprint density at radius 3 is 2.50 bits per heavy atom. The van der Waals surface area contributed by atoms with Gasteiger partial charge in [0.25, 0.3) is 0 Å². The summed E-state index contributed by atoms with van der Waals surface area (Å²) in [6.07, 6.45) is -4.40. The van der Waals surface area contributed by atoms with E-state index in [1.807, 2.05) is 0 Å². The van der Waals surface area contributed by atoms with Gasteiger partial charge in [0.05, 0.1) is 18.4 Å². The number of pyridine rings is 1. The van der Waals surface area contributed by atoms with Crippen molar-refractivity contribution in [3.63, 3.8) is 0 Å². The predicted molar refractivity (Wildman–Crippen MR) is 43.7 cm³/mol. The van der Waals surface area contributed by atoms with Crippen molar-refractivity contribution in [3.8, 4) is 5.88 Å². The van der Waals surface area contributed by atoms with Gasteiger partial charge in [0.15, 0.2) is 0 Å². The molecule has 0 aliphatic carbocycles. The summed E-state index contributed by atoms with van der Waals surface area (Å²) in [7, 11) is 1.25. The van der Waals surface area contributed by atoms with E-state index in [1.54, 1.807) is 0 Å². The van der Waals surface area contributed by atoms with Crippen LogP contribution in [0, 0.1) is 0 Å². The number of methoxy groups -OCH3 is 1. The van der Waals surface area contributed by atoms with E-state index in [0.29, 0.717) is 0 Å². The van der Waals surface area contributed by atoms with Gasteiger partial charge in [-0.2, -0.15) is 13.2 Å². The van der Waals surface area contributed by atoms with Gasteiger partial charge in [-0.3, -0.25) is 0 Å². The zero-order valence-electron chi connectivity index (χ0n) is 7.43. The molecule has 0 saturated carbocycles. The number of alkyl halides is 3. The first-order valence-corrected chi connectivity index (χ1v) is 3.79. The fraction of sp³-hybridized carbons (Fsp3) is 0.375. The van der Waals surface area contributed by atoms with Crippen LogP contribution in [0.1, 0.15) is 11.3 Å². The van der Waals surface area contributed by atoms with Crippen molar-refractivity contribution < 1.29 is 17.9 Å². The van der Waals surface area contributed by atoms with Crippen LogP contribution in [0.5, 0.6) is 5.88 Å². The van der Waals surface area contributed by atoms with Gasteiger partial charge < -0.3 is 10.5 Å². The lowest BCUT2D eigenvalue weighted by Gasteiger charge is -2.09. The van der Waals surface area contributed by atoms with Gasteiger partial charge >= 0.3 is 6.18 Å². The number of aromatic nitrogens is 1. The van der Waals surface area contributed by atoms with E-state index in [2.05, 4.69) is 9.72 Å². The van der Waals surface area contributed by atoms with E-state index < -0.39 is 11.7 Å². The Morgan fingerprint density at radius 1 is 1.43 bits per heavy atom. The number of hydrogen-bond acceptors (Lipinski definition) is 3. The van der Waals surface area contributed by atoms with Gasteiger partial charge in [0.2, 0.25) is 5.88 Å². The minimum Gasteiger partial charge on any atom is -0.481 e. The Labute approximate surface area is 78.7 Å². The molecule has 0 atom stereocenters. The van der Waals surface area contributed by atoms with E-state index in [9.17, 15) is 13.2 Å². The van der Waals surface area contributed by atoms with Gasteiger partial charge in [0.1, 0.15) is 0 Å². The van der Waals surface area contributed by atoms with Crippen LogP contribution in [-0.4, -0.2) is 12.1 Å². The Hall–Kier alpha value is -1.30. The fourth-order valence-electron chi connectivity index (χ4n) is 0.933. The van der Waals surface area contributed by atoms with Gasteiger partial charge in [-0.05, 0) is 6.07 Å². The second kappa shape index (κ2) is 3.83. The molecule has 0 spiro atoms.